The zero-order valence-corrected chi connectivity index (χ0v) is 29.2. The van der Waals surface area contributed by atoms with Gasteiger partial charge in [-0.25, -0.2) is 0 Å². The van der Waals surface area contributed by atoms with Gasteiger partial charge in [-0.3, -0.25) is 9.59 Å². The standard InChI is InChI=1S/C37H74N2O3/c1-6-11-13-15-17-18-19-20-21-23-25-30-38(32-29-35(8-3)34-39(10-5)36(40)9-4)31-26-27-33-42-37(41)28-24-22-16-14-12-7-2/h35H,6-34H2,1-5H3. The van der Waals surface area contributed by atoms with Crippen molar-refractivity contribution in [1.29, 1.82) is 0 Å². The Balaban J connectivity index is 4.41. The van der Waals surface area contributed by atoms with Crippen LogP contribution in [-0.4, -0.2) is 61.0 Å². The first kappa shape index (κ1) is 40.9. The molecule has 0 radical (unpaired) electrons. The molecule has 0 aromatic heterocycles. The fourth-order valence-electron chi connectivity index (χ4n) is 5.81. The number of ether oxygens (including phenoxy) is 1. The van der Waals surface area contributed by atoms with Gasteiger partial charge in [-0.1, -0.05) is 130 Å². The Morgan fingerprint density at radius 3 is 1.60 bits per heavy atom. The Kier molecular flexibility index (Phi) is 30.5. The van der Waals surface area contributed by atoms with Gasteiger partial charge < -0.3 is 14.5 Å². The summed E-state index contributed by atoms with van der Waals surface area (Å²) in [6.45, 7) is 16.4. The third-order valence-corrected chi connectivity index (χ3v) is 8.89. The largest absolute Gasteiger partial charge is 0.466 e. The first-order valence-electron chi connectivity index (χ1n) is 18.7. The zero-order chi connectivity index (χ0) is 31.1. The number of hydrogen-bond donors (Lipinski definition) is 0. The second kappa shape index (κ2) is 31.3. The van der Waals surface area contributed by atoms with Crippen molar-refractivity contribution < 1.29 is 14.3 Å². The lowest BCUT2D eigenvalue weighted by Gasteiger charge is -2.29. The van der Waals surface area contributed by atoms with Gasteiger partial charge in [0.25, 0.3) is 0 Å². The predicted octanol–water partition coefficient (Wildman–Crippen LogP) is 10.3. The third-order valence-electron chi connectivity index (χ3n) is 8.89. The fourth-order valence-corrected chi connectivity index (χ4v) is 5.81. The van der Waals surface area contributed by atoms with Crippen LogP contribution in [0.4, 0.5) is 0 Å². The number of amides is 1. The lowest BCUT2D eigenvalue weighted by molar-refractivity contribution is -0.144. The molecular weight excluding hydrogens is 520 g/mol. The van der Waals surface area contributed by atoms with E-state index in [2.05, 4.69) is 32.6 Å². The highest BCUT2D eigenvalue weighted by atomic mass is 16.5. The molecule has 42 heavy (non-hydrogen) atoms. The number of rotatable bonds is 32. The molecule has 5 nitrogen and oxygen atoms in total. The number of unbranched alkanes of at least 4 members (excludes halogenated alkanes) is 16. The second-order valence-corrected chi connectivity index (χ2v) is 12.7. The first-order chi connectivity index (χ1) is 20.5. The van der Waals surface area contributed by atoms with E-state index in [0.717, 1.165) is 71.2 Å². The molecule has 0 aliphatic heterocycles. The van der Waals surface area contributed by atoms with E-state index in [-0.39, 0.29) is 11.9 Å². The van der Waals surface area contributed by atoms with Crippen molar-refractivity contribution in [2.45, 2.75) is 182 Å². The van der Waals surface area contributed by atoms with Gasteiger partial charge in [-0.05, 0) is 64.6 Å². The normalized spacial score (nSPS) is 12.1. The van der Waals surface area contributed by atoms with Crippen LogP contribution in [0, 0.1) is 5.92 Å². The molecule has 1 atom stereocenters. The lowest BCUT2D eigenvalue weighted by Crippen LogP contribution is -2.36. The zero-order valence-electron chi connectivity index (χ0n) is 29.2. The molecule has 250 valence electrons. The highest BCUT2D eigenvalue weighted by molar-refractivity contribution is 5.75. The third kappa shape index (κ3) is 25.4. The number of carbonyl (C=O) groups is 2. The molecule has 0 spiro atoms. The smallest absolute Gasteiger partial charge is 0.305 e. The summed E-state index contributed by atoms with van der Waals surface area (Å²) in [7, 11) is 0. The van der Waals surface area contributed by atoms with E-state index in [9.17, 15) is 9.59 Å². The molecule has 1 amide bonds. The van der Waals surface area contributed by atoms with Crippen LogP contribution in [0.3, 0.4) is 0 Å². The molecular formula is C37H74N2O3. The molecule has 5 heteroatoms. The Hall–Kier alpha value is -1.10. The summed E-state index contributed by atoms with van der Waals surface area (Å²) in [4.78, 5) is 29.1. The lowest BCUT2D eigenvalue weighted by atomic mass is 10.0. The topological polar surface area (TPSA) is 49.9 Å². The molecule has 0 aromatic rings. The van der Waals surface area contributed by atoms with Crippen molar-refractivity contribution in [3.05, 3.63) is 0 Å². The molecule has 0 saturated heterocycles. The van der Waals surface area contributed by atoms with Gasteiger partial charge in [0.05, 0.1) is 6.61 Å². The van der Waals surface area contributed by atoms with E-state index >= 15 is 0 Å². The minimum Gasteiger partial charge on any atom is -0.466 e. The van der Waals surface area contributed by atoms with Crippen molar-refractivity contribution in [3.8, 4) is 0 Å². The summed E-state index contributed by atoms with van der Waals surface area (Å²) in [6.07, 6.45) is 27.8. The van der Waals surface area contributed by atoms with Crippen molar-refractivity contribution in [3.63, 3.8) is 0 Å². The highest BCUT2D eigenvalue weighted by Crippen LogP contribution is 2.15. The molecule has 0 saturated carbocycles. The molecule has 1 unspecified atom stereocenters. The number of nitrogens with zero attached hydrogens (tertiary/aromatic N) is 2. The van der Waals surface area contributed by atoms with Gasteiger partial charge in [0, 0.05) is 25.9 Å². The maximum absolute atomic E-state index is 12.3. The number of hydrogen-bond acceptors (Lipinski definition) is 4. The Bertz CT molecular complexity index is 598. The summed E-state index contributed by atoms with van der Waals surface area (Å²) < 4.78 is 5.53. The molecule has 0 fully saturated rings. The monoisotopic (exact) mass is 595 g/mol. The Morgan fingerprint density at radius 1 is 0.595 bits per heavy atom. The quantitative estimate of drug-likeness (QED) is 0.0574. The minimum atomic E-state index is -0.0174. The molecule has 0 aliphatic carbocycles. The van der Waals surface area contributed by atoms with Gasteiger partial charge >= 0.3 is 5.97 Å². The van der Waals surface area contributed by atoms with E-state index in [1.807, 2.05) is 11.8 Å². The summed E-state index contributed by atoms with van der Waals surface area (Å²) in [5.41, 5.74) is 0. The number of esters is 1. The van der Waals surface area contributed by atoms with E-state index in [4.69, 9.17) is 4.74 Å². The van der Waals surface area contributed by atoms with Crippen molar-refractivity contribution in [1.82, 2.24) is 9.80 Å². The van der Waals surface area contributed by atoms with Crippen LogP contribution >= 0.6 is 0 Å². The van der Waals surface area contributed by atoms with Gasteiger partial charge in [-0.15, -0.1) is 0 Å². The van der Waals surface area contributed by atoms with Crippen LogP contribution < -0.4 is 0 Å². The maximum Gasteiger partial charge on any atom is 0.305 e. The summed E-state index contributed by atoms with van der Waals surface area (Å²) in [5.74, 6) is 0.819. The van der Waals surface area contributed by atoms with Crippen LogP contribution in [0.1, 0.15) is 182 Å². The van der Waals surface area contributed by atoms with Gasteiger partial charge in [0.2, 0.25) is 5.91 Å². The maximum atomic E-state index is 12.3. The van der Waals surface area contributed by atoms with Crippen LogP contribution in [0.2, 0.25) is 0 Å². The Morgan fingerprint density at radius 2 is 1.10 bits per heavy atom. The SMILES string of the molecule is CCCCCCCCCCCCCN(CCCCOC(=O)CCCCCCCC)CCC(CC)CN(CC)C(=O)CC. The van der Waals surface area contributed by atoms with E-state index in [1.54, 1.807) is 0 Å². The second-order valence-electron chi connectivity index (χ2n) is 12.7. The average Bonchev–Trinajstić information content (AvgIpc) is 3.00. The molecule has 0 aromatic carbocycles. The fraction of sp³-hybridized carbons (Fsp3) is 0.946. The Labute approximate surface area is 263 Å². The molecule has 0 N–H and O–H groups in total. The van der Waals surface area contributed by atoms with Crippen LogP contribution in [0.15, 0.2) is 0 Å². The van der Waals surface area contributed by atoms with Crippen molar-refractivity contribution in [2.24, 2.45) is 5.92 Å². The molecule has 0 aliphatic rings. The minimum absolute atomic E-state index is 0.0174. The summed E-state index contributed by atoms with van der Waals surface area (Å²) in [6, 6.07) is 0. The summed E-state index contributed by atoms with van der Waals surface area (Å²) in [5, 5.41) is 0. The van der Waals surface area contributed by atoms with Crippen LogP contribution in [0.25, 0.3) is 0 Å². The van der Waals surface area contributed by atoms with Gasteiger partial charge in [-0.2, -0.15) is 0 Å². The van der Waals surface area contributed by atoms with E-state index < -0.39 is 0 Å². The average molecular weight is 595 g/mol. The van der Waals surface area contributed by atoms with Gasteiger partial charge in [0.15, 0.2) is 0 Å². The molecule has 0 rings (SSSR count). The van der Waals surface area contributed by atoms with Crippen molar-refractivity contribution in [2.75, 3.05) is 39.3 Å². The van der Waals surface area contributed by atoms with Crippen LogP contribution in [-0.2, 0) is 14.3 Å². The highest BCUT2D eigenvalue weighted by Gasteiger charge is 2.17. The number of carbonyl (C=O) groups excluding carboxylic acids is 2. The van der Waals surface area contributed by atoms with Gasteiger partial charge in [0.1, 0.15) is 0 Å². The van der Waals surface area contributed by atoms with Crippen LogP contribution in [0.5, 0.6) is 0 Å². The van der Waals surface area contributed by atoms with E-state index in [0.29, 0.717) is 25.4 Å². The summed E-state index contributed by atoms with van der Waals surface area (Å²) >= 11 is 0. The predicted molar refractivity (Wildman–Crippen MR) is 182 cm³/mol. The molecule has 0 bridgehead atoms. The first-order valence-corrected chi connectivity index (χ1v) is 18.7. The van der Waals surface area contributed by atoms with E-state index in [1.165, 1.54) is 96.3 Å². The molecule has 0 heterocycles. The van der Waals surface area contributed by atoms with Crippen molar-refractivity contribution >= 4 is 11.9 Å².